The molecule has 0 atom stereocenters. The summed E-state index contributed by atoms with van der Waals surface area (Å²) >= 11 is 2.80. The van der Waals surface area contributed by atoms with Gasteiger partial charge < -0.3 is 16.4 Å². The van der Waals surface area contributed by atoms with E-state index in [9.17, 15) is 9.59 Å². The second-order valence-corrected chi connectivity index (χ2v) is 6.83. The third-order valence-electron chi connectivity index (χ3n) is 2.65. The molecule has 0 spiro atoms. The molecule has 0 aliphatic heterocycles. The van der Waals surface area contributed by atoms with Crippen LogP contribution in [0, 0.1) is 0 Å². The summed E-state index contributed by atoms with van der Waals surface area (Å²) in [5.41, 5.74) is 5.68. The van der Waals surface area contributed by atoms with Gasteiger partial charge in [-0.2, -0.15) is 0 Å². The van der Waals surface area contributed by atoms with Crippen molar-refractivity contribution in [2.75, 3.05) is 17.2 Å². The molecule has 0 aromatic carbocycles. The van der Waals surface area contributed by atoms with E-state index in [1.54, 1.807) is 11.6 Å². The number of carbonyl (C=O) groups excluding carboxylic acids is 2. The Labute approximate surface area is 136 Å². The molecule has 2 aromatic rings. The zero-order valence-corrected chi connectivity index (χ0v) is 13.9. The maximum Gasteiger partial charge on any atom is 0.236 e. The quantitative estimate of drug-likeness (QED) is 0.712. The van der Waals surface area contributed by atoms with Gasteiger partial charge >= 0.3 is 0 Å². The number of carbonyl (C=O) groups is 2. The van der Waals surface area contributed by atoms with Gasteiger partial charge in [-0.25, -0.2) is 9.97 Å². The summed E-state index contributed by atoms with van der Waals surface area (Å²) in [5, 5.41) is 8.49. The maximum atomic E-state index is 12.0. The Kier molecular flexibility index (Phi) is 5.45. The van der Waals surface area contributed by atoms with Gasteiger partial charge in [-0.1, -0.05) is 13.8 Å². The second-order valence-electron chi connectivity index (χ2n) is 4.91. The second kappa shape index (κ2) is 7.32. The average Bonchev–Trinajstić information content (AvgIpc) is 3.05. The summed E-state index contributed by atoms with van der Waals surface area (Å²) < 4.78 is 0. The molecular formula is C13H17N5O2S2. The van der Waals surface area contributed by atoms with E-state index in [2.05, 4.69) is 34.4 Å². The molecule has 2 heterocycles. The minimum Gasteiger partial charge on any atom is -0.368 e. The van der Waals surface area contributed by atoms with Crippen molar-refractivity contribution in [3.63, 3.8) is 0 Å². The van der Waals surface area contributed by atoms with Gasteiger partial charge in [0.15, 0.2) is 10.3 Å². The van der Waals surface area contributed by atoms with Crippen LogP contribution in [0.4, 0.5) is 10.3 Å². The lowest BCUT2D eigenvalue weighted by Crippen LogP contribution is -2.21. The molecule has 0 unspecified atom stereocenters. The Hall–Kier alpha value is -2.00. The van der Waals surface area contributed by atoms with Crippen molar-refractivity contribution in [2.24, 2.45) is 5.73 Å². The Morgan fingerprint density at radius 2 is 2.14 bits per heavy atom. The maximum absolute atomic E-state index is 12.0. The molecule has 118 valence electrons. The lowest BCUT2D eigenvalue weighted by molar-refractivity contribution is -0.117. The van der Waals surface area contributed by atoms with Crippen LogP contribution in [0.1, 0.15) is 30.3 Å². The number of aromatic nitrogens is 2. The highest BCUT2D eigenvalue weighted by molar-refractivity contribution is 7.15. The predicted molar refractivity (Wildman–Crippen MR) is 88.3 cm³/mol. The molecule has 0 radical (unpaired) electrons. The fraction of sp³-hybridized carbons (Fsp3) is 0.385. The van der Waals surface area contributed by atoms with Crippen molar-refractivity contribution in [3.05, 3.63) is 22.1 Å². The van der Waals surface area contributed by atoms with E-state index < -0.39 is 5.91 Å². The molecule has 0 fully saturated rings. The highest BCUT2D eigenvalue weighted by Crippen LogP contribution is 2.25. The zero-order valence-electron chi connectivity index (χ0n) is 12.3. The van der Waals surface area contributed by atoms with Crippen LogP contribution < -0.4 is 16.4 Å². The zero-order chi connectivity index (χ0) is 16.1. The largest absolute Gasteiger partial charge is 0.368 e. The van der Waals surface area contributed by atoms with Crippen molar-refractivity contribution >= 4 is 44.8 Å². The fourth-order valence-electron chi connectivity index (χ4n) is 1.57. The number of amides is 2. The van der Waals surface area contributed by atoms with Crippen LogP contribution in [-0.4, -0.2) is 28.3 Å². The molecule has 7 nitrogen and oxygen atoms in total. The van der Waals surface area contributed by atoms with Crippen molar-refractivity contribution in [2.45, 2.75) is 26.2 Å². The molecule has 0 saturated carbocycles. The van der Waals surface area contributed by atoms with Gasteiger partial charge in [0.05, 0.1) is 18.7 Å². The summed E-state index contributed by atoms with van der Waals surface area (Å²) in [7, 11) is 0. The average molecular weight is 339 g/mol. The molecular weight excluding hydrogens is 322 g/mol. The summed E-state index contributed by atoms with van der Waals surface area (Å²) in [6, 6.07) is 0. The molecule has 2 rings (SSSR count). The number of thiazole rings is 2. The van der Waals surface area contributed by atoms with Gasteiger partial charge in [-0.15, -0.1) is 22.7 Å². The number of hydrogen-bond donors (Lipinski definition) is 3. The molecule has 9 heteroatoms. The number of nitrogens with zero attached hydrogens (tertiary/aromatic N) is 2. The normalized spacial score (nSPS) is 10.7. The molecule has 2 amide bonds. The first-order chi connectivity index (χ1) is 10.4. The van der Waals surface area contributed by atoms with Crippen LogP contribution in [-0.2, 0) is 16.0 Å². The minimum atomic E-state index is -0.459. The van der Waals surface area contributed by atoms with E-state index in [0.717, 1.165) is 4.88 Å². The number of hydrogen-bond acceptors (Lipinski definition) is 7. The van der Waals surface area contributed by atoms with Crippen LogP contribution in [0.2, 0.25) is 0 Å². The van der Waals surface area contributed by atoms with E-state index in [4.69, 9.17) is 5.73 Å². The molecule has 0 bridgehead atoms. The first-order valence-electron chi connectivity index (χ1n) is 6.66. The standard InChI is InChI=1S/C13H17N5O2S2/c1-7(2)9-4-15-13(22-9)18-11(20)3-8-6-21-12(17-8)16-5-10(14)19/h4,6-7H,3,5H2,1-2H3,(H2,14,19)(H,16,17)(H,15,18,20). The number of nitrogens with two attached hydrogens (primary N) is 1. The Balaban J connectivity index is 1.87. The predicted octanol–water partition coefficient (Wildman–Crippen LogP) is 1.80. The lowest BCUT2D eigenvalue weighted by atomic mass is 10.2. The van der Waals surface area contributed by atoms with Crippen molar-refractivity contribution in [1.29, 1.82) is 0 Å². The SMILES string of the molecule is CC(C)c1cnc(NC(=O)Cc2csc(NCC(N)=O)n2)s1. The van der Waals surface area contributed by atoms with E-state index in [1.807, 2.05) is 0 Å². The highest BCUT2D eigenvalue weighted by atomic mass is 32.1. The van der Waals surface area contributed by atoms with Crippen molar-refractivity contribution < 1.29 is 9.59 Å². The molecule has 4 N–H and O–H groups in total. The van der Waals surface area contributed by atoms with Gasteiger partial charge in [0, 0.05) is 16.5 Å². The van der Waals surface area contributed by atoms with Crippen LogP contribution in [0.5, 0.6) is 0 Å². The minimum absolute atomic E-state index is 0.0241. The smallest absolute Gasteiger partial charge is 0.236 e. The first-order valence-corrected chi connectivity index (χ1v) is 8.36. The molecule has 0 aliphatic rings. The number of nitrogens with one attached hydrogen (secondary N) is 2. The monoisotopic (exact) mass is 339 g/mol. The number of primary amides is 1. The summed E-state index contributed by atoms with van der Waals surface area (Å²) in [6.45, 7) is 4.18. The summed E-state index contributed by atoms with van der Waals surface area (Å²) in [6.07, 6.45) is 1.94. The van der Waals surface area contributed by atoms with Gasteiger partial charge in [0.2, 0.25) is 11.8 Å². The topological polar surface area (TPSA) is 110 Å². The van der Waals surface area contributed by atoms with E-state index >= 15 is 0 Å². The number of rotatable bonds is 7. The highest BCUT2D eigenvalue weighted by Gasteiger charge is 2.11. The molecule has 2 aromatic heterocycles. The van der Waals surface area contributed by atoms with E-state index in [1.165, 1.54) is 22.7 Å². The van der Waals surface area contributed by atoms with Crippen LogP contribution in [0.15, 0.2) is 11.6 Å². The first kappa shape index (κ1) is 16.4. The fourth-order valence-corrected chi connectivity index (χ4v) is 3.12. The van der Waals surface area contributed by atoms with Crippen molar-refractivity contribution in [3.8, 4) is 0 Å². The third-order valence-corrected chi connectivity index (χ3v) is 4.71. The number of anilines is 2. The van der Waals surface area contributed by atoms with E-state index in [-0.39, 0.29) is 18.9 Å². The lowest BCUT2D eigenvalue weighted by Gasteiger charge is -2.00. The van der Waals surface area contributed by atoms with Gasteiger partial charge in [-0.05, 0) is 5.92 Å². The van der Waals surface area contributed by atoms with Gasteiger partial charge in [-0.3, -0.25) is 9.59 Å². The Bertz CT molecular complexity index is 665. The van der Waals surface area contributed by atoms with Crippen LogP contribution >= 0.6 is 22.7 Å². The van der Waals surface area contributed by atoms with Gasteiger partial charge in [0.1, 0.15) is 0 Å². The van der Waals surface area contributed by atoms with Crippen molar-refractivity contribution in [1.82, 2.24) is 9.97 Å². The Morgan fingerprint density at radius 3 is 2.77 bits per heavy atom. The van der Waals surface area contributed by atoms with Crippen LogP contribution in [0.3, 0.4) is 0 Å². The molecule has 0 aliphatic carbocycles. The summed E-state index contributed by atoms with van der Waals surface area (Å²) in [4.78, 5) is 32.2. The Morgan fingerprint density at radius 1 is 1.36 bits per heavy atom. The van der Waals surface area contributed by atoms with Crippen LogP contribution in [0.25, 0.3) is 0 Å². The summed E-state index contributed by atoms with van der Waals surface area (Å²) in [5.74, 6) is -0.240. The third kappa shape index (κ3) is 4.78. The van der Waals surface area contributed by atoms with Gasteiger partial charge in [0.25, 0.3) is 0 Å². The van der Waals surface area contributed by atoms with E-state index in [0.29, 0.717) is 21.9 Å². The molecule has 0 saturated heterocycles. The molecule has 22 heavy (non-hydrogen) atoms.